The lowest BCUT2D eigenvalue weighted by Gasteiger charge is -2.17. The molecule has 0 rings (SSSR count). The van der Waals surface area contributed by atoms with Crippen molar-refractivity contribution in [3.8, 4) is 0 Å². The van der Waals surface area contributed by atoms with Crippen LogP contribution in [0.25, 0.3) is 0 Å². The molecule has 2 N–H and O–H groups in total. The SMILES string of the molecule is CN=C(NCCOCCC(C)C)NC(C)COC.I. The number of halogens is 1. The molecule has 0 aliphatic carbocycles. The summed E-state index contributed by atoms with van der Waals surface area (Å²) in [6.45, 7) is 9.39. The van der Waals surface area contributed by atoms with Crippen LogP contribution in [0.4, 0.5) is 0 Å². The first-order valence-corrected chi connectivity index (χ1v) is 6.64. The third kappa shape index (κ3) is 14.1. The van der Waals surface area contributed by atoms with Crippen molar-refractivity contribution in [3.05, 3.63) is 0 Å². The predicted octanol–water partition coefficient (Wildman–Crippen LogP) is 1.87. The molecule has 0 saturated carbocycles. The van der Waals surface area contributed by atoms with E-state index in [1.807, 2.05) is 0 Å². The average molecular weight is 387 g/mol. The van der Waals surface area contributed by atoms with Crippen LogP contribution in [0.5, 0.6) is 0 Å². The highest BCUT2D eigenvalue weighted by molar-refractivity contribution is 14.0. The van der Waals surface area contributed by atoms with Crippen molar-refractivity contribution < 1.29 is 9.47 Å². The predicted molar refractivity (Wildman–Crippen MR) is 91.5 cm³/mol. The second kappa shape index (κ2) is 14.3. The second-order valence-electron chi connectivity index (χ2n) is 4.79. The number of nitrogens with one attached hydrogen (secondary N) is 2. The smallest absolute Gasteiger partial charge is 0.191 e. The van der Waals surface area contributed by atoms with Crippen LogP contribution < -0.4 is 10.6 Å². The van der Waals surface area contributed by atoms with Crippen LogP contribution >= 0.6 is 24.0 Å². The average Bonchev–Trinajstić information content (AvgIpc) is 2.31. The zero-order valence-corrected chi connectivity index (χ0v) is 15.2. The fraction of sp³-hybridized carbons (Fsp3) is 0.923. The fourth-order valence-electron chi connectivity index (χ4n) is 1.38. The Morgan fingerprint density at radius 3 is 2.42 bits per heavy atom. The van der Waals surface area contributed by atoms with E-state index in [-0.39, 0.29) is 30.0 Å². The molecular formula is C13H30IN3O2. The molecule has 0 aliphatic rings. The molecule has 0 aromatic rings. The molecule has 0 saturated heterocycles. The first-order valence-electron chi connectivity index (χ1n) is 6.64. The lowest BCUT2D eigenvalue weighted by atomic mass is 10.1. The number of rotatable bonds is 9. The van der Waals surface area contributed by atoms with Gasteiger partial charge in [0.05, 0.1) is 13.2 Å². The molecule has 0 aliphatic heterocycles. The largest absolute Gasteiger partial charge is 0.383 e. The Hall–Kier alpha value is -0.0800. The minimum atomic E-state index is 0. The van der Waals surface area contributed by atoms with Crippen molar-refractivity contribution in [1.29, 1.82) is 0 Å². The molecule has 0 bridgehead atoms. The van der Waals surface area contributed by atoms with Crippen molar-refractivity contribution in [1.82, 2.24) is 10.6 Å². The van der Waals surface area contributed by atoms with E-state index in [1.165, 1.54) is 0 Å². The first-order chi connectivity index (χ1) is 8.60. The highest BCUT2D eigenvalue weighted by Crippen LogP contribution is 1.98. The molecule has 0 spiro atoms. The van der Waals surface area contributed by atoms with Gasteiger partial charge in [0.2, 0.25) is 0 Å². The van der Waals surface area contributed by atoms with E-state index in [0.717, 1.165) is 25.5 Å². The van der Waals surface area contributed by atoms with Crippen LogP contribution in [0.3, 0.4) is 0 Å². The maximum atomic E-state index is 5.52. The lowest BCUT2D eigenvalue weighted by Crippen LogP contribution is -2.44. The van der Waals surface area contributed by atoms with Crippen molar-refractivity contribution in [2.45, 2.75) is 33.2 Å². The topological polar surface area (TPSA) is 54.9 Å². The lowest BCUT2D eigenvalue weighted by molar-refractivity contribution is 0.128. The molecule has 5 nitrogen and oxygen atoms in total. The van der Waals surface area contributed by atoms with E-state index in [9.17, 15) is 0 Å². The molecule has 0 fully saturated rings. The summed E-state index contributed by atoms with van der Waals surface area (Å²) in [7, 11) is 3.45. The maximum Gasteiger partial charge on any atom is 0.191 e. The molecule has 19 heavy (non-hydrogen) atoms. The van der Waals surface area contributed by atoms with Gasteiger partial charge >= 0.3 is 0 Å². The number of guanidine groups is 1. The summed E-state index contributed by atoms with van der Waals surface area (Å²) in [5, 5.41) is 6.44. The molecule has 0 aromatic heterocycles. The van der Waals surface area contributed by atoms with Gasteiger partial charge in [0.15, 0.2) is 5.96 Å². The summed E-state index contributed by atoms with van der Waals surface area (Å²) in [6, 6.07) is 0.239. The first kappa shape index (κ1) is 21.2. The summed E-state index contributed by atoms with van der Waals surface area (Å²) in [6.07, 6.45) is 1.11. The van der Waals surface area contributed by atoms with E-state index in [4.69, 9.17) is 9.47 Å². The van der Waals surface area contributed by atoms with Gasteiger partial charge in [-0.3, -0.25) is 4.99 Å². The zero-order valence-electron chi connectivity index (χ0n) is 12.9. The standard InChI is InChI=1S/C13H29N3O2.HI/c1-11(2)6-8-18-9-7-15-13(14-4)16-12(3)10-17-5;/h11-12H,6-10H2,1-5H3,(H2,14,15,16);1H. The van der Waals surface area contributed by atoms with Gasteiger partial charge in [0.25, 0.3) is 0 Å². The van der Waals surface area contributed by atoms with Crippen molar-refractivity contribution in [2.75, 3.05) is 40.5 Å². The number of methoxy groups -OCH3 is 1. The molecular weight excluding hydrogens is 357 g/mol. The summed E-state index contributed by atoms with van der Waals surface area (Å²) < 4.78 is 10.6. The molecule has 0 aromatic carbocycles. The van der Waals surface area contributed by atoms with Gasteiger partial charge in [-0.05, 0) is 19.3 Å². The number of hydrogen-bond donors (Lipinski definition) is 2. The Morgan fingerprint density at radius 1 is 1.21 bits per heavy atom. The third-order valence-electron chi connectivity index (χ3n) is 2.40. The molecule has 116 valence electrons. The van der Waals surface area contributed by atoms with E-state index in [2.05, 4.69) is 36.4 Å². The van der Waals surface area contributed by atoms with E-state index in [0.29, 0.717) is 19.1 Å². The van der Waals surface area contributed by atoms with Crippen LogP contribution in [0.2, 0.25) is 0 Å². The van der Waals surface area contributed by atoms with E-state index >= 15 is 0 Å². The second-order valence-corrected chi connectivity index (χ2v) is 4.79. The summed E-state index contributed by atoms with van der Waals surface area (Å²) in [5.74, 6) is 1.48. The summed E-state index contributed by atoms with van der Waals surface area (Å²) in [4.78, 5) is 4.14. The quantitative estimate of drug-likeness (QED) is 0.275. The summed E-state index contributed by atoms with van der Waals surface area (Å²) in [5.41, 5.74) is 0. The van der Waals surface area contributed by atoms with Gasteiger partial charge in [-0.2, -0.15) is 0 Å². The Balaban J connectivity index is 0. The van der Waals surface area contributed by atoms with Crippen molar-refractivity contribution >= 4 is 29.9 Å². The van der Waals surface area contributed by atoms with E-state index < -0.39 is 0 Å². The Bertz CT molecular complexity index is 226. The molecule has 0 radical (unpaired) electrons. The molecule has 0 heterocycles. The van der Waals surface area contributed by atoms with Gasteiger partial charge in [0, 0.05) is 33.4 Å². The van der Waals surface area contributed by atoms with E-state index in [1.54, 1.807) is 14.2 Å². The minimum absolute atomic E-state index is 0. The highest BCUT2D eigenvalue weighted by atomic mass is 127. The number of aliphatic imine (C=N–C) groups is 1. The Morgan fingerprint density at radius 2 is 1.89 bits per heavy atom. The molecule has 1 atom stereocenters. The maximum absolute atomic E-state index is 5.52. The van der Waals surface area contributed by atoms with Gasteiger partial charge in [-0.15, -0.1) is 24.0 Å². The minimum Gasteiger partial charge on any atom is -0.383 e. The van der Waals surface area contributed by atoms with Crippen LogP contribution in [-0.2, 0) is 9.47 Å². The number of hydrogen-bond acceptors (Lipinski definition) is 3. The van der Waals surface area contributed by atoms with Gasteiger partial charge in [-0.25, -0.2) is 0 Å². The van der Waals surface area contributed by atoms with Crippen molar-refractivity contribution in [2.24, 2.45) is 10.9 Å². The zero-order chi connectivity index (χ0) is 13.8. The van der Waals surface area contributed by atoms with Crippen LogP contribution in [0.15, 0.2) is 4.99 Å². The Kier molecular flexibility index (Phi) is 16.0. The highest BCUT2D eigenvalue weighted by Gasteiger charge is 2.03. The van der Waals surface area contributed by atoms with Crippen LogP contribution in [0.1, 0.15) is 27.2 Å². The Labute approximate surface area is 134 Å². The van der Waals surface area contributed by atoms with Crippen LogP contribution in [-0.4, -0.2) is 52.5 Å². The van der Waals surface area contributed by atoms with Gasteiger partial charge in [-0.1, -0.05) is 13.8 Å². The fourth-order valence-corrected chi connectivity index (χ4v) is 1.38. The third-order valence-corrected chi connectivity index (χ3v) is 2.40. The molecule has 6 heteroatoms. The monoisotopic (exact) mass is 387 g/mol. The van der Waals surface area contributed by atoms with Crippen LogP contribution in [0, 0.1) is 5.92 Å². The summed E-state index contributed by atoms with van der Waals surface area (Å²) >= 11 is 0. The van der Waals surface area contributed by atoms with Gasteiger partial charge in [0.1, 0.15) is 0 Å². The number of nitrogens with zero attached hydrogens (tertiary/aromatic N) is 1. The van der Waals surface area contributed by atoms with Gasteiger partial charge < -0.3 is 20.1 Å². The van der Waals surface area contributed by atoms with Crippen molar-refractivity contribution in [3.63, 3.8) is 0 Å². The molecule has 0 amide bonds. The molecule has 1 unspecified atom stereocenters. The normalized spacial score (nSPS) is 13.1. The number of ether oxygens (including phenoxy) is 2.